The highest BCUT2D eigenvalue weighted by atomic mass is 79.9. The highest BCUT2D eigenvalue weighted by Crippen LogP contribution is 2.28. The first kappa shape index (κ1) is 13.8. The lowest BCUT2D eigenvalue weighted by atomic mass is 10.1. The zero-order valence-electron chi connectivity index (χ0n) is 10.3. The molecule has 0 saturated carbocycles. The van der Waals surface area contributed by atoms with Crippen LogP contribution < -0.4 is 5.73 Å². The van der Waals surface area contributed by atoms with Crippen molar-refractivity contribution in [2.24, 2.45) is 5.73 Å². The Morgan fingerprint density at radius 3 is 2.83 bits per heavy atom. The number of rotatable bonds is 7. The van der Waals surface area contributed by atoms with Gasteiger partial charge in [0.1, 0.15) is 5.82 Å². The van der Waals surface area contributed by atoms with E-state index in [9.17, 15) is 0 Å². The van der Waals surface area contributed by atoms with Gasteiger partial charge >= 0.3 is 0 Å². The number of nitrogens with two attached hydrogens (primary N) is 1. The fourth-order valence-electron chi connectivity index (χ4n) is 1.86. The van der Waals surface area contributed by atoms with Gasteiger partial charge in [-0.25, -0.2) is 4.98 Å². The molecule has 0 saturated heterocycles. The van der Waals surface area contributed by atoms with Gasteiger partial charge in [0.25, 0.3) is 0 Å². The SMILES string of the molecule is NCCCCCCc1ncc(-c2cc(Br)cs2)[nH]1. The van der Waals surface area contributed by atoms with E-state index in [0.717, 1.165) is 35.4 Å². The van der Waals surface area contributed by atoms with Crippen molar-refractivity contribution >= 4 is 27.3 Å². The van der Waals surface area contributed by atoms with Gasteiger partial charge in [-0.3, -0.25) is 0 Å². The second kappa shape index (κ2) is 7.07. The molecule has 2 aromatic rings. The van der Waals surface area contributed by atoms with Crippen molar-refractivity contribution < 1.29 is 0 Å². The molecular formula is C13H18BrN3S. The molecule has 2 rings (SSSR count). The van der Waals surface area contributed by atoms with Crippen molar-refractivity contribution in [3.05, 3.63) is 27.9 Å². The van der Waals surface area contributed by atoms with Gasteiger partial charge in [-0.15, -0.1) is 11.3 Å². The molecule has 3 N–H and O–H groups in total. The molecule has 98 valence electrons. The molecule has 0 spiro atoms. The van der Waals surface area contributed by atoms with Gasteiger partial charge in [0.05, 0.1) is 16.8 Å². The average Bonchev–Trinajstić information content (AvgIpc) is 2.97. The van der Waals surface area contributed by atoms with Crippen LogP contribution in [0, 0.1) is 0 Å². The minimum Gasteiger partial charge on any atom is -0.341 e. The van der Waals surface area contributed by atoms with Gasteiger partial charge in [-0.05, 0) is 41.4 Å². The lowest BCUT2D eigenvalue weighted by molar-refractivity contribution is 0.638. The lowest BCUT2D eigenvalue weighted by Gasteiger charge is -1.98. The minimum absolute atomic E-state index is 0.804. The first-order valence-electron chi connectivity index (χ1n) is 6.28. The topological polar surface area (TPSA) is 54.7 Å². The number of imidazole rings is 1. The van der Waals surface area contributed by atoms with E-state index in [4.69, 9.17) is 5.73 Å². The Balaban J connectivity index is 1.83. The maximum Gasteiger partial charge on any atom is 0.106 e. The van der Waals surface area contributed by atoms with E-state index in [2.05, 4.69) is 37.3 Å². The van der Waals surface area contributed by atoms with Crippen molar-refractivity contribution in [3.8, 4) is 10.6 Å². The number of H-pyrrole nitrogens is 1. The van der Waals surface area contributed by atoms with Gasteiger partial charge in [0, 0.05) is 16.3 Å². The molecule has 0 amide bonds. The number of aromatic amines is 1. The minimum atomic E-state index is 0.804. The number of hydrogen-bond donors (Lipinski definition) is 2. The van der Waals surface area contributed by atoms with Crippen LogP contribution in [-0.4, -0.2) is 16.5 Å². The summed E-state index contributed by atoms with van der Waals surface area (Å²) in [7, 11) is 0. The Morgan fingerprint density at radius 2 is 2.11 bits per heavy atom. The summed E-state index contributed by atoms with van der Waals surface area (Å²) >= 11 is 5.19. The van der Waals surface area contributed by atoms with Gasteiger partial charge in [-0.2, -0.15) is 0 Å². The third-order valence-corrected chi connectivity index (χ3v) is 4.55. The number of nitrogens with zero attached hydrogens (tertiary/aromatic N) is 1. The summed E-state index contributed by atoms with van der Waals surface area (Å²) in [5.41, 5.74) is 6.58. The van der Waals surface area contributed by atoms with E-state index in [0.29, 0.717) is 0 Å². The number of nitrogens with one attached hydrogen (secondary N) is 1. The standard InChI is InChI=1S/C13H18BrN3S/c14-10-7-12(18-9-10)11-8-16-13(17-11)5-3-1-2-4-6-15/h7-9H,1-6,15H2,(H,16,17). The van der Waals surface area contributed by atoms with E-state index in [1.165, 1.54) is 24.1 Å². The van der Waals surface area contributed by atoms with Gasteiger partial charge in [0.15, 0.2) is 0 Å². The molecule has 0 aliphatic heterocycles. The van der Waals surface area contributed by atoms with Crippen molar-refractivity contribution in [1.29, 1.82) is 0 Å². The molecule has 0 aliphatic carbocycles. The van der Waals surface area contributed by atoms with Gasteiger partial charge in [0.2, 0.25) is 0 Å². The summed E-state index contributed by atoms with van der Waals surface area (Å²) in [5, 5.41) is 2.09. The summed E-state index contributed by atoms with van der Waals surface area (Å²) in [4.78, 5) is 9.04. The summed E-state index contributed by atoms with van der Waals surface area (Å²) in [6.07, 6.45) is 7.72. The van der Waals surface area contributed by atoms with Crippen LogP contribution in [0.2, 0.25) is 0 Å². The molecule has 0 atom stereocenters. The summed E-state index contributed by atoms with van der Waals surface area (Å²) in [6.45, 7) is 0.804. The highest BCUT2D eigenvalue weighted by molar-refractivity contribution is 9.10. The normalized spacial score (nSPS) is 11.0. The molecule has 3 nitrogen and oxygen atoms in total. The van der Waals surface area contributed by atoms with Crippen molar-refractivity contribution in [2.75, 3.05) is 6.54 Å². The largest absolute Gasteiger partial charge is 0.341 e. The summed E-state index contributed by atoms with van der Waals surface area (Å²) in [6, 6.07) is 2.11. The van der Waals surface area contributed by atoms with Crippen molar-refractivity contribution in [2.45, 2.75) is 32.1 Å². The van der Waals surface area contributed by atoms with E-state index in [-0.39, 0.29) is 0 Å². The lowest BCUT2D eigenvalue weighted by Crippen LogP contribution is -1.98. The monoisotopic (exact) mass is 327 g/mol. The van der Waals surface area contributed by atoms with E-state index >= 15 is 0 Å². The molecule has 2 aromatic heterocycles. The second-order valence-corrected chi connectivity index (χ2v) is 6.15. The van der Waals surface area contributed by atoms with Crippen LogP contribution >= 0.6 is 27.3 Å². The predicted octanol–water partition coefficient (Wildman–Crippen LogP) is 3.96. The zero-order valence-corrected chi connectivity index (χ0v) is 12.7. The highest BCUT2D eigenvalue weighted by Gasteiger charge is 2.05. The number of halogens is 1. The van der Waals surface area contributed by atoms with Crippen molar-refractivity contribution in [3.63, 3.8) is 0 Å². The third-order valence-electron chi connectivity index (χ3n) is 2.83. The third kappa shape index (κ3) is 3.93. The Morgan fingerprint density at radius 1 is 1.28 bits per heavy atom. The zero-order chi connectivity index (χ0) is 12.8. The maximum atomic E-state index is 5.47. The average molecular weight is 328 g/mol. The Kier molecular flexibility index (Phi) is 5.41. The quantitative estimate of drug-likeness (QED) is 0.756. The fourth-order valence-corrected chi connectivity index (χ4v) is 3.25. The number of hydrogen-bond acceptors (Lipinski definition) is 3. The smallest absolute Gasteiger partial charge is 0.106 e. The van der Waals surface area contributed by atoms with E-state index in [1.807, 2.05) is 6.20 Å². The molecule has 2 heterocycles. The Bertz CT molecular complexity index is 478. The predicted molar refractivity (Wildman–Crippen MR) is 80.8 cm³/mol. The van der Waals surface area contributed by atoms with Crippen molar-refractivity contribution in [1.82, 2.24) is 9.97 Å². The second-order valence-electron chi connectivity index (χ2n) is 4.33. The number of thiophene rings is 1. The Labute approximate surface area is 120 Å². The van der Waals surface area contributed by atoms with Crippen LogP contribution in [0.25, 0.3) is 10.6 Å². The summed E-state index contributed by atoms with van der Waals surface area (Å²) in [5.74, 6) is 1.09. The van der Waals surface area contributed by atoms with Crippen LogP contribution in [0.1, 0.15) is 31.5 Å². The van der Waals surface area contributed by atoms with Crippen LogP contribution in [0.5, 0.6) is 0 Å². The number of aryl methyl sites for hydroxylation is 1. The van der Waals surface area contributed by atoms with E-state index in [1.54, 1.807) is 11.3 Å². The molecule has 0 bridgehead atoms. The molecule has 0 radical (unpaired) electrons. The molecule has 0 unspecified atom stereocenters. The first-order valence-corrected chi connectivity index (χ1v) is 7.95. The maximum absolute atomic E-state index is 5.47. The molecule has 18 heavy (non-hydrogen) atoms. The molecule has 0 fully saturated rings. The molecule has 0 aliphatic rings. The molecule has 5 heteroatoms. The van der Waals surface area contributed by atoms with Crippen LogP contribution in [0.4, 0.5) is 0 Å². The molecule has 0 aromatic carbocycles. The fraction of sp³-hybridized carbons (Fsp3) is 0.462. The molecular weight excluding hydrogens is 310 g/mol. The Hall–Kier alpha value is -0.650. The number of unbranched alkanes of at least 4 members (excludes halogenated alkanes) is 3. The number of aromatic nitrogens is 2. The van der Waals surface area contributed by atoms with Crippen LogP contribution in [0.15, 0.2) is 22.1 Å². The van der Waals surface area contributed by atoms with Gasteiger partial charge in [-0.1, -0.05) is 12.8 Å². The van der Waals surface area contributed by atoms with Gasteiger partial charge < -0.3 is 10.7 Å². The van der Waals surface area contributed by atoms with Crippen LogP contribution in [0.3, 0.4) is 0 Å². The summed E-state index contributed by atoms with van der Waals surface area (Å²) < 4.78 is 1.13. The van der Waals surface area contributed by atoms with E-state index < -0.39 is 0 Å². The first-order chi connectivity index (χ1) is 8.79. The van der Waals surface area contributed by atoms with Crippen LogP contribution in [-0.2, 0) is 6.42 Å².